The van der Waals surface area contributed by atoms with Gasteiger partial charge in [-0.1, -0.05) is 18.7 Å². The Hall–Kier alpha value is -1.39. The number of thioether (sulfide) groups is 1. The largest absolute Gasteiger partial charge is 0.381 e. The van der Waals surface area contributed by atoms with Crippen molar-refractivity contribution in [1.82, 2.24) is 15.3 Å². The molecule has 0 amide bonds. The van der Waals surface area contributed by atoms with E-state index in [2.05, 4.69) is 22.1 Å². The fourth-order valence-electron chi connectivity index (χ4n) is 5.01. The Morgan fingerprint density at radius 3 is 2.81 bits per heavy atom. The Morgan fingerprint density at radius 1 is 1.29 bits per heavy atom. The number of aromatic nitrogens is 2. The first-order chi connectivity index (χ1) is 15.1. The van der Waals surface area contributed by atoms with Crippen molar-refractivity contribution < 1.29 is 18.6 Å². The van der Waals surface area contributed by atoms with Gasteiger partial charge in [0.1, 0.15) is 5.82 Å². The molecule has 3 atom stereocenters. The van der Waals surface area contributed by atoms with Gasteiger partial charge in [-0.05, 0) is 24.9 Å². The number of nitrogens with zero attached hydrogens (tertiary/aromatic N) is 2. The van der Waals surface area contributed by atoms with Crippen LogP contribution in [-0.4, -0.2) is 73.6 Å². The number of ether oxygens (including phenoxy) is 3. The molecule has 5 rings (SSSR count). The number of rotatable bonds is 5. The van der Waals surface area contributed by atoms with Crippen molar-refractivity contribution in [2.24, 2.45) is 5.92 Å². The number of hydrogen-bond donors (Lipinski definition) is 2. The van der Waals surface area contributed by atoms with Crippen molar-refractivity contribution in [3.63, 3.8) is 0 Å². The highest BCUT2D eigenvalue weighted by Gasteiger charge is 2.40. The molecule has 3 aliphatic rings. The van der Waals surface area contributed by atoms with E-state index in [1.54, 1.807) is 24.9 Å². The van der Waals surface area contributed by atoms with Crippen molar-refractivity contribution in [2.75, 3.05) is 50.6 Å². The van der Waals surface area contributed by atoms with Crippen molar-refractivity contribution in [1.29, 1.82) is 0 Å². The molecule has 0 bridgehead atoms. The summed E-state index contributed by atoms with van der Waals surface area (Å²) in [7, 11) is 1.79. The van der Waals surface area contributed by atoms with Crippen LogP contribution in [0.15, 0.2) is 17.3 Å². The van der Waals surface area contributed by atoms with E-state index in [0.29, 0.717) is 50.1 Å². The number of nitrogens with one attached hydrogen (secondary N) is 2. The van der Waals surface area contributed by atoms with E-state index in [-0.39, 0.29) is 5.82 Å². The lowest BCUT2D eigenvalue weighted by Crippen LogP contribution is -2.49. The average Bonchev–Trinajstić information content (AvgIpc) is 3.39. The molecule has 3 fully saturated rings. The summed E-state index contributed by atoms with van der Waals surface area (Å²) < 4.78 is 32.1. The Bertz CT molecular complexity index is 910. The van der Waals surface area contributed by atoms with E-state index in [1.807, 2.05) is 6.07 Å². The van der Waals surface area contributed by atoms with Gasteiger partial charge in [-0.25, -0.2) is 9.37 Å². The quantitative estimate of drug-likeness (QED) is 0.678. The summed E-state index contributed by atoms with van der Waals surface area (Å²) in [6.07, 6.45) is 2.84. The molecule has 0 aliphatic carbocycles. The van der Waals surface area contributed by atoms with E-state index >= 15 is 0 Å². The average molecular weight is 451 g/mol. The maximum Gasteiger partial charge on any atom is 0.171 e. The van der Waals surface area contributed by atoms with Crippen LogP contribution in [0.2, 0.25) is 0 Å². The number of fused-ring (bicyclic) bond motifs is 1. The number of methoxy groups -OCH3 is 1. The summed E-state index contributed by atoms with van der Waals surface area (Å²) in [5.74, 6) is 0.654. The van der Waals surface area contributed by atoms with Crippen LogP contribution in [0.4, 0.5) is 10.1 Å². The second-order valence-corrected chi connectivity index (χ2v) is 9.76. The molecule has 31 heavy (non-hydrogen) atoms. The first-order valence-electron chi connectivity index (χ1n) is 11.2. The highest BCUT2D eigenvalue weighted by Crippen LogP contribution is 2.35. The normalized spacial score (nSPS) is 28.6. The predicted molar refractivity (Wildman–Crippen MR) is 119 cm³/mol. The first-order valence-corrected chi connectivity index (χ1v) is 12.2. The van der Waals surface area contributed by atoms with Gasteiger partial charge in [0.15, 0.2) is 10.9 Å². The lowest BCUT2D eigenvalue weighted by molar-refractivity contribution is -0.169. The molecular weight excluding hydrogens is 419 g/mol. The Labute approximate surface area is 186 Å². The van der Waals surface area contributed by atoms with Crippen LogP contribution in [0, 0.1) is 11.7 Å². The molecule has 1 spiro atoms. The van der Waals surface area contributed by atoms with E-state index in [4.69, 9.17) is 19.2 Å². The van der Waals surface area contributed by atoms with Crippen molar-refractivity contribution in [3.05, 3.63) is 17.9 Å². The van der Waals surface area contributed by atoms with Crippen LogP contribution in [0.3, 0.4) is 0 Å². The van der Waals surface area contributed by atoms with Gasteiger partial charge < -0.3 is 29.4 Å². The smallest absolute Gasteiger partial charge is 0.171 e. The molecule has 9 heteroatoms. The summed E-state index contributed by atoms with van der Waals surface area (Å²) in [6, 6.07) is 3.80. The summed E-state index contributed by atoms with van der Waals surface area (Å²) >= 11 is 1.68. The number of anilines is 1. The minimum Gasteiger partial charge on any atom is -0.381 e. The van der Waals surface area contributed by atoms with Crippen LogP contribution >= 0.6 is 11.8 Å². The van der Waals surface area contributed by atoms with Crippen LogP contribution in [-0.2, 0) is 14.2 Å². The molecule has 7 nitrogen and oxygen atoms in total. The van der Waals surface area contributed by atoms with Crippen molar-refractivity contribution in [3.8, 4) is 0 Å². The molecule has 3 aliphatic heterocycles. The third-order valence-corrected chi connectivity index (χ3v) is 7.96. The monoisotopic (exact) mass is 450 g/mol. The maximum atomic E-state index is 14.9. The van der Waals surface area contributed by atoms with Gasteiger partial charge in [-0.3, -0.25) is 0 Å². The number of halogens is 1. The number of imidazole rings is 1. The van der Waals surface area contributed by atoms with Crippen molar-refractivity contribution in [2.45, 2.75) is 49.3 Å². The Kier molecular flexibility index (Phi) is 6.13. The third kappa shape index (κ3) is 4.30. The minimum absolute atomic E-state index is 0.220. The van der Waals surface area contributed by atoms with Gasteiger partial charge in [-0.15, -0.1) is 0 Å². The van der Waals surface area contributed by atoms with Gasteiger partial charge in [0.25, 0.3) is 0 Å². The zero-order valence-corrected chi connectivity index (χ0v) is 19.0. The molecule has 0 saturated carbocycles. The molecule has 3 unspecified atom stereocenters. The lowest BCUT2D eigenvalue weighted by Gasteiger charge is -2.38. The summed E-state index contributed by atoms with van der Waals surface area (Å²) in [5, 5.41) is 4.41. The number of H-pyrrole nitrogens is 1. The molecule has 2 aromatic rings. The number of piperidine rings is 2. The van der Waals surface area contributed by atoms with E-state index < -0.39 is 5.79 Å². The standard InChI is InChI=1S/C22H31FN4O3S/c1-14-18(24-6-3-20(14)28-2)13-31-21-25-16-11-15(23)19(12-17(16)26-21)27-7-4-22(5-8-27)29-9-10-30-22/h11-12,14,18,20,24H,3-10,13H2,1-2H3,(H,25,26). The van der Waals surface area contributed by atoms with E-state index in [9.17, 15) is 4.39 Å². The summed E-state index contributed by atoms with van der Waals surface area (Å²) in [6.45, 7) is 5.91. The van der Waals surface area contributed by atoms with Crippen LogP contribution in [0.5, 0.6) is 0 Å². The van der Waals surface area contributed by atoms with Gasteiger partial charge in [0.05, 0.1) is 36.0 Å². The molecule has 1 aromatic heterocycles. The zero-order valence-electron chi connectivity index (χ0n) is 18.2. The predicted octanol–water partition coefficient (Wildman–Crippen LogP) is 3.15. The van der Waals surface area contributed by atoms with Gasteiger partial charge >= 0.3 is 0 Å². The van der Waals surface area contributed by atoms with Gasteiger partial charge in [-0.2, -0.15) is 0 Å². The summed E-state index contributed by atoms with van der Waals surface area (Å²) in [4.78, 5) is 10.1. The Morgan fingerprint density at radius 2 is 2.06 bits per heavy atom. The minimum atomic E-state index is -0.459. The van der Waals surface area contributed by atoms with E-state index in [1.165, 1.54) is 0 Å². The fraction of sp³-hybridized carbons (Fsp3) is 0.682. The Balaban J connectivity index is 1.26. The van der Waals surface area contributed by atoms with Crippen LogP contribution < -0.4 is 10.2 Å². The van der Waals surface area contributed by atoms with E-state index in [0.717, 1.165) is 47.7 Å². The second-order valence-electron chi connectivity index (χ2n) is 8.75. The molecular formula is C22H31FN4O3S. The first kappa shape index (κ1) is 21.5. The SMILES string of the molecule is COC1CCNC(CSc2nc3cc(N4CCC5(CC4)OCCO5)c(F)cc3[nH]2)C1C. The highest BCUT2D eigenvalue weighted by molar-refractivity contribution is 7.99. The molecule has 2 N–H and O–H groups in total. The van der Waals surface area contributed by atoms with Gasteiger partial charge in [0.2, 0.25) is 0 Å². The summed E-state index contributed by atoms with van der Waals surface area (Å²) in [5.41, 5.74) is 2.14. The molecule has 4 heterocycles. The lowest BCUT2D eigenvalue weighted by atomic mass is 9.91. The maximum absolute atomic E-state index is 14.9. The molecule has 1 aromatic carbocycles. The molecule has 3 saturated heterocycles. The second kappa shape index (κ2) is 8.86. The third-order valence-electron chi connectivity index (χ3n) is 6.97. The number of benzene rings is 1. The topological polar surface area (TPSA) is 71.6 Å². The van der Waals surface area contributed by atoms with Crippen LogP contribution in [0.25, 0.3) is 11.0 Å². The molecule has 0 radical (unpaired) electrons. The van der Waals surface area contributed by atoms with Crippen molar-refractivity contribution >= 4 is 28.5 Å². The fourth-order valence-corrected chi connectivity index (χ4v) is 6.12. The van der Waals surface area contributed by atoms with Crippen LogP contribution in [0.1, 0.15) is 26.2 Å². The van der Waals surface area contributed by atoms with Gasteiger partial charge in [0, 0.05) is 50.9 Å². The molecule has 170 valence electrons. The highest BCUT2D eigenvalue weighted by atomic mass is 32.2. The number of aromatic amines is 1. The number of hydrogen-bond acceptors (Lipinski definition) is 7. The zero-order chi connectivity index (χ0) is 21.4.